The van der Waals surface area contributed by atoms with Crippen LogP contribution in [0.4, 0.5) is 0 Å². The van der Waals surface area contributed by atoms with Gasteiger partial charge in [-0.25, -0.2) is 8.42 Å². The summed E-state index contributed by atoms with van der Waals surface area (Å²) in [7, 11) is -3.90. The van der Waals surface area contributed by atoms with Crippen LogP contribution in [0.2, 0.25) is 15.1 Å². The molecule has 2 heterocycles. The number of hydrogen-bond donors (Lipinski definition) is 0. The Morgan fingerprint density at radius 1 is 1.00 bits per heavy atom. The maximum Gasteiger partial charge on any atom is 0.244 e. The van der Waals surface area contributed by atoms with Gasteiger partial charge >= 0.3 is 0 Å². The lowest BCUT2D eigenvalue weighted by molar-refractivity contribution is -0.139. The molecule has 2 fully saturated rings. The summed E-state index contributed by atoms with van der Waals surface area (Å²) < 4.78 is 39.9. The molecule has 2 saturated heterocycles. The Hall–Kier alpha value is -1.55. The molecule has 2 aromatic carbocycles. The molecule has 0 bridgehead atoms. The van der Waals surface area contributed by atoms with Gasteiger partial charge in [-0.15, -0.1) is 0 Å². The van der Waals surface area contributed by atoms with Gasteiger partial charge in [0, 0.05) is 48.1 Å². The first-order valence-electron chi connectivity index (χ1n) is 11.4. The van der Waals surface area contributed by atoms with E-state index in [1.54, 1.807) is 29.2 Å². The smallest absolute Gasteiger partial charge is 0.244 e. The first-order valence-corrected chi connectivity index (χ1v) is 14.0. The predicted octanol–water partition coefficient (Wildman–Crippen LogP) is 4.75. The molecule has 0 aromatic heterocycles. The van der Waals surface area contributed by atoms with Crippen molar-refractivity contribution in [3.05, 3.63) is 57.5 Å². The zero-order valence-corrected chi connectivity index (χ0v) is 22.2. The van der Waals surface area contributed by atoms with Crippen LogP contribution in [0.25, 0.3) is 0 Å². The number of amides is 1. The highest BCUT2D eigenvalue weighted by atomic mass is 35.5. The van der Waals surface area contributed by atoms with E-state index in [4.69, 9.17) is 44.3 Å². The molecule has 2 aliphatic rings. The number of piperidine rings is 1. The minimum Gasteiger partial charge on any atom is -0.493 e. The Morgan fingerprint density at radius 3 is 2.37 bits per heavy atom. The maximum absolute atomic E-state index is 13.5. The third kappa shape index (κ3) is 6.42. The Kier molecular flexibility index (Phi) is 8.51. The van der Waals surface area contributed by atoms with E-state index in [1.807, 2.05) is 0 Å². The fourth-order valence-corrected chi connectivity index (χ4v) is 6.98. The SMILES string of the molecule is O=C(C[C@@]1(COc2ccc(Cl)cc2)CCCN(S(=O)(=O)c2ccc(Cl)cc2Cl)C1)N1CCOCC1. The van der Waals surface area contributed by atoms with Gasteiger partial charge in [0.1, 0.15) is 10.6 Å². The van der Waals surface area contributed by atoms with E-state index in [0.717, 1.165) is 0 Å². The van der Waals surface area contributed by atoms with Crippen LogP contribution in [0, 0.1) is 5.41 Å². The van der Waals surface area contributed by atoms with E-state index >= 15 is 0 Å². The maximum atomic E-state index is 13.5. The summed E-state index contributed by atoms with van der Waals surface area (Å²) in [6, 6.07) is 11.3. The Morgan fingerprint density at radius 2 is 1.69 bits per heavy atom. The topological polar surface area (TPSA) is 76.2 Å². The number of nitrogens with zero attached hydrogens (tertiary/aromatic N) is 2. The number of sulfonamides is 1. The molecule has 35 heavy (non-hydrogen) atoms. The largest absolute Gasteiger partial charge is 0.493 e. The minimum atomic E-state index is -3.90. The summed E-state index contributed by atoms with van der Waals surface area (Å²) in [5.41, 5.74) is -0.709. The second-order valence-corrected chi connectivity index (χ2v) is 12.1. The molecule has 0 N–H and O–H groups in total. The predicted molar refractivity (Wildman–Crippen MR) is 136 cm³/mol. The normalized spacial score (nSPS) is 21.6. The highest BCUT2D eigenvalue weighted by Gasteiger charge is 2.43. The molecule has 7 nitrogen and oxygen atoms in total. The van der Waals surface area contributed by atoms with Gasteiger partial charge in [-0.3, -0.25) is 4.79 Å². The lowest BCUT2D eigenvalue weighted by Crippen LogP contribution is -2.51. The number of carbonyl (C=O) groups excluding carboxylic acids is 1. The number of hydrogen-bond acceptors (Lipinski definition) is 5. The van der Waals surface area contributed by atoms with Crippen LogP contribution in [-0.2, 0) is 19.6 Å². The van der Waals surface area contributed by atoms with Gasteiger partial charge in [0.05, 0.1) is 24.8 Å². The second kappa shape index (κ2) is 11.2. The van der Waals surface area contributed by atoms with Gasteiger partial charge in [-0.1, -0.05) is 34.8 Å². The lowest BCUT2D eigenvalue weighted by atomic mass is 9.78. The molecule has 11 heteroatoms. The molecule has 0 unspecified atom stereocenters. The van der Waals surface area contributed by atoms with Gasteiger partial charge < -0.3 is 14.4 Å². The van der Waals surface area contributed by atoms with Gasteiger partial charge in [0.15, 0.2) is 0 Å². The van der Waals surface area contributed by atoms with Gasteiger partial charge in [0.25, 0.3) is 0 Å². The van der Waals surface area contributed by atoms with Crippen molar-refractivity contribution in [1.82, 2.24) is 9.21 Å². The highest BCUT2D eigenvalue weighted by molar-refractivity contribution is 7.89. The second-order valence-electron chi connectivity index (χ2n) is 8.93. The molecule has 0 radical (unpaired) electrons. The van der Waals surface area contributed by atoms with Gasteiger partial charge in [0.2, 0.25) is 15.9 Å². The van der Waals surface area contributed by atoms with E-state index in [1.165, 1.54) is 22.5 Å². The number of morpholine rings is 1. The molecule has 0 aliphatic carbocycles. The first kappa shape index (κ1) is 26.5. The summed E-state index contributed by atoms with van der Waals surface area (Å²) >= 11 is 18.2. The van der Waals surface area contributed by atoms with Crippen molar-refractivity contribution in [2.45, 2.75) is 24.2 Å². The fourth-order valence-electron chi connectivity index (χ4n) is 4.52. The Bertz CT molecular complexity index is 1160. The van der Waals surface area contributed by atoms with E-state index in [-0.39, 0.29) is 35.4 Å². The van der Waals surface area contributed by atoms with Crippen LogP contribution in [0.3, 0.4) is 0 Å². The summed E-state index contributed by atoms with van der Waals surface area (Å²) in [6.07, 6.45) is 1.41. The van der Waals surface area contributed by atoms with Crippen molar-refractivity contribution in [3.63, 3.8) is 0 Å². The lowest BCUT2D eigenvalue weighted by Gasteiger charge is -2.42. The van der Waals surface area contributed by atoms with Crippen molar-refractivity contribution >= 4 is 50.7 Å². The summed E-state index contributed by atoms with van der Waals surface area (Å²) in [4.78, 5) is 15.0. The first-order chi connectivity index (χ1) is 16.7. The minimum absolute atomic E-state index is 0.00232. The van der Waals surface area contributed by atoms with E-state index < -0.39 is 15.4 Å². The molecule has 1 atom stereocenters. The van der Waals surface area contributed by atoms with Crippen molar-refractivity contribution in [3.8, 4) is 5.75 Å². The average molecular weight is 562 g/mol. The molecule has 190 valence electrons. The monoisotopic (exact) mass is 560 g/mol. The molecule has 1 amide bonds. The summed E-state index contributed by atoms with van der Waals surface area (Å²) in [5.74, 6) is 0.574. The van der Waals surface area contributed by atoms with E-state index in [0.29, 0.717) is 61.5 Å². The quantitative estimate of drug-likeness (QED) is 0.488. The molecule has 2 aromatic rings. The van der Waals surface area contributed by atoms with Crippen LogP contribution < -0.4 is 4.74 Å². The molecule has 4 rings (SSSR count). The van der Waals surface area contributed by atoms with Crippen molar-refractivity contribution < 1.29 is 22.7 Å². The summed E-state index contributed by atoms with van der Waals surface area (Å²) in [5, 5.41) is 1.01. The summed E-state index contributed by atoms with van der Waals surface area (Å²) in [6.45, 7) is 2.69. The molecule has 0 saturated carbocycles. The fraction of sp³-hybridized carbons (Fsp3) is 0.458. The number of ether oxygens (including phenoxy) is 2. The molecule has 0 spiro atoms. The van der Waals surface area contributed by atoms with Crippen LogP contribution in [0.5, 0.6) is 5.75 Å². The third-order valence-corrected chi connectivity index (χ3v) is 9.20. The van der Waals surface area contributed by atoms with Crippen LogP contribution in [-0.4, -0.2) is 69.5 Å². The van der Waals surface area contributed by atoms with E-state index in [2.05, 4.69) is 0 Å². The number of rotatable bonds is 7. The van der Waals surface area contributed by atoms with Crippen LogP contribution in [0.1, 0.15) is 19.3 Å². The third-order valence-electron chi connectivity index (χ3n) is 6.39. The zero-order valence-electron chi connectivity index (χ0n) is 19.1. The standard InChI is InChI=1S/C24H27Cl3N2O5S/c25-18-2-5-20(6-3-18)34-17-24(15-23(30)28-10-12-33-13-11-28)8-1-9-29(16-24)35(31,32)22-7-4-19(26)14-21(22)27/h2-7,14H,1,8-13,15-17H2/t24-/m0/s1. The van der Waals surface area contributed by atoms with Crippen LogP contribution >= 0.6 is 34.8 Å². The zero-order chi connectivity index (χ0) is 25.1. The molecular weight excluding hydrogens is 535 g/mol. The van der Waals surface area contributed by atoms with Crippen molar-refractivity contribution in [2.24, 2.45) is 5.41 Å². The Labute approximate surface area is 220 Å². The molecular formula is C24H27Cl3N2O5S. The number of benzene rings is 2. The Balaban J connectivity index is 1.59. The van der Waals surface area contributed by atoms with Crippen LogP contribution in [0.15, 0.2) is 47.4 Å². The molecule has 2 aliphatic heterocycles. The average Bonchev–Trinajstić information content (AvgIpc) is 2.84. The number of halogens is 3. The van der Waals surface area contributed by atoms with Gasteiger partial charge in [-0.2, -0.15) is 4.31 Å². The van der Waals surface area contributed by atoms with Crippen molar-refractivity contribution in [1.29, 1.82) is 0 Å². The number of carbonyl (C=O) groups is 1. The van der Waals surface area contributed by atoms with Gasteiger partial charge in [-0.05, 0) is 55.3 Å². The van der Waals surface area contributed by atoms with E-state index in [9.17, 15) is 13.2 Å². The van der Waals surface area contributed by atoms with Crippen molar-refractivity contribution in [2.75, 3.05) is 46.0 Å². The highest BCUT2D eigenvalue weighted by Crippen LogP contribution is 2.38.